The molecule has 0 atom stereocenters. The highest BCUT2D eigenvalue weighted by Crippen LogP contribution is 2.23. The van der Waals surface area contributed by atoms with Crippen molar-refractivity contribution >= 4 is 38.6 Å². The van der Waals surface area contributed by atoms with Gasteiger partial charge in [-0.3, -0.25) is 9.89 Å². The van der Waals surface area contributed by atoms with Crippen molar-refractivity contribution in [1.82, 2.24) is 10.2 Å². The molecule has 0 unspecified atom stereocenters. The van der Waals surface area contributed by atoms with Crippen LogP contribution in [0.3, 0.4) is 0 Å². The number of aromatic nitrogens is 2. The molecule has 1 heterocycles. The normalized spacial score (nSPS) is 10.7. The predicted octanol–water partition coefficient (Wildman–Crippen LogP) is 3.51. The van der Waals surface area contributed by atoms with Gasteiger partial charge >= 0.3 is 0 Å². The molecule has 0 radical (unpaired) electrons. The van der Waals surface area contributed by atoms with E-state index in [1.54, 1.807) is 0 Å². The highest BCUT2D eigenvalue weighted by Gasteiger charge is 2.10. The molecule has 100 valence electrons. The van der Waals surface area contributed by atoms with Crippen LogP contribution in [0.15, 0.2) is 53.0 Å². The first-order valence-corrected chi connectivity index (χ1v) is 6.99. The summed E-state index contributed by atoms with van der Waals surface area (Å²) in [7, 11) is 0. The maximum atomic E-state index is 12.0. The molecule has 1 amide bonds. The van der Waals surface area contributed by atoms with Crippen molar-refractivity contribution in [3.05, 3.63) is 58.6 Å². The number of anilines is 1. The van der Waals surface area contributed by atoms with Crippen molar-refractivity contribution in [2.45, 2.75) is 6.42 Å². The first kappa shape index (κ1) is 12.9. The molecule has 0 aliphatic carbocycles. The molecule has 0 spiro atoms. The number of fused-ring (bicyclic) bond motifs is 1. The van der Waals surface area contributed by atoms with E-state index in [2.05, 4.69) is 31.4 Å². The lowest BCUT2D eigenvalue weighted by molar-refractivity contribution is -0.115. The van der Waals surface area contributed by atoms with Gasteiger partial charge < -0.3 is 5.32 Å². The van der Waals surface area contributed by atoms with Gasteiger partial charge in [-0.2, -0.15) is 5.10 Å². The molecule has 0 aliphatic heterocycles. The Bertz CT molecular complexity index is 752. The smallest absolute Gasteiger partial charge is 0.230 e. The number of nitrogens with one attached hydrogen (secondary N) is 2. The average molecular weight is 330 g/mol. The van der Waals surface area contributed by atoms with Gasteiger partial charge in [0.1, 0.15) is 0 Å². The van der Waals surface area contributed by atoms with Gasteiger partial charge in [0.15, 0.2) is 5.82 Å². The second kappa shape index (κ2) is 5.46. The summed E-state index contributed by atoms with van der Waals surface area (Å²) in [5.74, 6) is 0.487. The molecule has 0 saturated heterocycles. The molecule has 2 aromatic carbocycles. The Hall–Kier alpha value is -2.14. The largest absolute Gasteiger partial charge is 0.308 e. The number of carbonyl (C=O) groups excluding carboxylic acids is 1. The van der Waals surface area contributed by atoms with E-state index in [4.69, 9.17) is 0 Å². The summed E-state index contributed by atoms with van der Waals surface area (Å²) in [4.78, 5) is 12.0. The predicted molar refractivity (Wildman–Crippen MR) is 82.6 cm³/mol. The van der Waals surface area contributed by atoms with E-state index in [9.17, 15) is 4.79 Å². The molecule has 3 aromatic rings. The number of rotatable bonds is 3. The lowest BCUT2D eigenvalue weighted by Gasteiger charge is -2.02. The number of carbonyl (C=O) groups is 1. The lowest BCUT2D eigenvalue weighted by Crippen LogP contribution is -2.14. The molecule has 3 rings (SSSR count). The molecule has 0 aliphatic rings. The standard InChI is InChI=1S/C15H12BrN3O/c16-11-6-7-12-13(9-11)18-19-15(12)17-14(20)8-10-4-2-1-3-5-10/h1-7,9H,8H2,(H2,17,18,19,20). The molecular formula is C15H12BrN3O. The Kier molecular flexibility index (Phi) is 3.52. The van der Waals surface area contributed by atoms with E-state index in [-0.39, 0.29) is 5.91 Å². The van der Waals surface area contributed by atoms with Crippen LogP contribution < -0.4 is 5.32 Å². The minimum atomic E-state index is -0.0764. The SMILES string of the molecule is O=C(Cc1ccccc1)Nc1n[nH]c2cc(Br)ccc12. The molecule has 5 heteroatoms. The fraction of sp³-hybridized carbons (Fsp3) is 0.0667. The fourth-order valence-electron chi connectivity index (χ4n) is 2.04. The molecule has 4 nitrogen and oxygen atoms in total. The fourth-order valence-corrected chi connectivity index (χ4v) is 2.41. The van der Waals surface area contributed by atoms with E-state index in [0.717, 1.165) is 20.9 Å². The highest BCUT2D eigenvalue weighted by molar-refractivity contribution is 9.10. The lowest BCUT2D eigenvalue weighted by atomic mass is 10.1. The number of aromatic amines is 1. The van der Waals surface area contributed by atoms with E-state index in [0.29, 0.717) is 12.2 Å². The van der Waals surface area contributed by atoms with Crippen LogP contribution in [0.5, 0.6) is 0 Å². The Labute approximate surface area is 124 Å². The van der Waals surface area contributed by atoms with Gasteiger partial charge in [0.2, 0.25) is 5.91 Å². The summed E-state index contributed by atoms with van der Waals surface area (Å²) in [6.45, 7) is 0. The summed E-state index contributed by atoms with van der Waals surface area (Å²) >= 11 is 3.40. The maximum absolute atomic E-state index is 12.0. The van der Waals surface area contributed by atoms with Crippen molar-refractivity contribution < 1.29 is 4.79 Å². The van der Waals surface area contributed by atoms with Crippen LogP contribution >= 0.6 is 15.9 Å². The van der Waals surface area contributed by atoms with Crippen LogP contribution in [0.4, 0.5) is 5.82 Å². The van der Waals surface area contributed by atoms with E-state index >= 15 is 0 Å². The molecule has 20 heavy (non-hydrogen) atoms. The molecular weight excluding hydrogens is 318 g/mol. The zero-order valence-electron chi connectivity index (χ0n) is 10.6. The number of nitrogens with zero attached hydrogens (tertiary/aromatic N) is 1. The van der Waals surface area contributed by atoms with Gasteiger partial charge in [0.05, 0.1) is 11.9 Å². The van der Waals surface area contributed by atoms with Gasteiger partial charge in [0.25, 0.3) is 0 Å². The van der Waals surface area contributed by atoms with Crippen molar-refractivity contribution in [2.24, 2.45) is 0 Å². The third-order valence-electron chi connectivity index (χ3n) is 2.99. The molecule has 2 N–H and O–H groups in total. The summed E-state index contributed by atoms with van der Waals surface area (Å²) in [6.07, 6.45) is 0.339. The molecule has 0 saturated carbocycles. The Morgan fingerprint density at radius 2 is 2.00 bits per heavy atom. The van der Waals surface area contributed by atoms with Crippen molar-refractivity contribution in [3.63, 3.8) is 0 Å². The average Bonchev–Trinajstić information content (AvgIpc) is 2.82. The van der Waals surface area contributed by atoms with E-state index < -0.39 is 0 Å². The summed E-state index contributed by atoms with van der Waals surface area (Å²) in [6, 6.07) is 15.4. The summed E-state index contributed by atoms with van der Waals surface area (Å²) in [5.41, 5.74) is 1.86. The van der Waals surface area contributed by atoms with Crippen LogP contribution in [0.1, 0.15) is 5.56 Å². The van der Waals surface area contributed by atoms with Crippen LogP contribution in [-0.2, 0) is 11.2 Å². The van der Waals surface area contributed by atoms with E-state index in [1.807, 2.05) is 48.5 Å². The van der Waals surface area contributed by atoms with Crippen molar-refractivity contribution in [1.29, 1.82) is 0 Å². The van der Waals surface area contributed by atoms with Gasteiger partial charge in [-0.05, 0) is 23.8 Å². The quantitative estimate of drug-likeness (QED) is 0.772. The number of H-pyrrole nitrogens is 1. The second-order valence-corrected chi connectivity index (χ2v) is 5.39. The van der Waals surface area contributed by atoms with Gasteiger partial charge in [-0.15, -0.1) is 0 Å². The maximum Gasteiger partial charge on any atom is 0.230 e. The van der Waals surface area contributed by atoms with Crippen LogP contribution in [0, 0.1) is 0 Å². The topological polar surface area (TPSA) is 57.8 Å². The number of hydrogen-bond acceptors (Lipinski definition) is 2. The Balaban J connectivity index is 1.78. The zero-order chi connectivity index (χ0) is 13.9. The third kappa shape index (κ3) is 2.72. The zero-order valence-corrected chi connectivity index (χ0v) is 12.1. The number of halogens is 1. The third-order valence-corrected chi connectivity index (χ3v) is 3.48. The summed E-state index contributed by atoms with van der Waals surface area (Å²) < 4.78 is 0.968. The highest BCUT2D eigenvalue weighted by atomic mass is 79.9. The summed E-state index contributed by atoms with van der Waals surface area (Å²) in [5, 5.41) is 10.8. The number of hydrogen-bond donors (Lipinski definition) is 2. The minimum Gasteiger partial charge on any atom is -0.308 e. The minimum absolute atomic E-state index is 0.0764. The molecule has 0 bridgehead atoms. The van der Waals surface area contributed by atoms with Gasteiger partial charge in [0, 0.05) is 9.86 Å². The van der Waals surface area contributed by atoms with Crippen molar-refractivity contribution in [3.8, 4) is 0 Å². The second-order valence-electron chi connectivity index (χ2n) is 4.47. The first-order chi connectivity index (χ1) is 9.72. The van der Waals surface area contributed by atoms with Gasteiger partial charge in [-0.1, -0.05) is 46.3 Å². The van der Waals surface area contributed by atoms with Crippen molar-refractivity contribution in [2.75, 3.05) is 5.32 Å². The Morgan fingerprint density at radius 3 is 2.80 bits per heavy atom. The van der Waals surface area contributed by atoms with Crippen LogP contribution in [0.2, 0.25) is 0 Å². The monoisotopic (exact) mass is 329 g/mol. The van der Waals surface area contributed by atoms with Gasteiger partial charge in [-0.25, -0.2) is 0 Å². The number of benzene rings is 2. The first-order valence-electron chi connectivity index (χ1n) is 6.20. The molecule has 0 fully saturated rings. The molecule has 1 aromatic heterocycles. The van der Waals surface area contributed by atoms with E-state index in [1.165, 1.54) is 0 Å². The number of amides is 1. The van der Waals surface area contributed by atoms with Crippen LogP contribution in [0.25, 0.3) is 10.9 Å². The Morgan fingerprint density at radius 1 is 1.20 bits per heavy atom. The van der Waals surface area contributed by atoms with Crippen LogP contribution in [-0.4, -0.2) is 16.1 Å².